The summed E-state index contributed by atoms with van der Waals surface area (Å²) in [6, 6.07) is 18.0. The van der Waals surface area contributed by atoms with E-state index in [-0.39, 0.29) is 0 Å². The molecular weight excluding hydrogens is 248 g/mol. The zero-order valence-corrected chi connectivity index (χ0v) is 11.3. The predicted molar refractivity (Wildman–Crippen MR) is 82.8 cm³/mol. The van der Waals surface area contributed by atoms with Gasteiger partial charge < -0.3 is 0 Å². The first-order valence-electron chi connectivity index (χ1n) is 6.75. The highest BCUT2D eigenvalue weighted by molar-refractivity contribution is 7.99. The number of hydrogen-bond donors (Lipinski definition) is 0. The number of aryl methyl sites for hydroxylation is 1. The molecule has 0 aromatic heterocycles. The van der Waals surface area contributed by atoms with E-state index in [9.17, 15) is 0 Å². The fourth-order valence-corrected chi connectivity index (χ4v) is 4.72. The van der Waals surface area contributed by atoms with Crippen LogP contribution in [0.3, 0.4) is 0 Å². The third-order valence-electron chi connectivity index (χ3n) is 4.31. The molecule has 0 amide bonds. The van der Waals surface area contributed by atoms with E-state index in [0.29, 0.717) is 0 Å². The number of fused-ring (bicyclic) bond motifs is 5. The lowest BCUT2D eigenvalue weighted by Gasteiger charge is -2.08. The van der Waals surface area contributed by atoms with Crippen molar-refractivity contribution in [3.05, 3.63) is 54.1 Å². The predicted octanol–water partition coefficient (Wildman–Crippen LogP) is 5.14. The van der Waals surface area contributed by atoms with E-state index in [2.05, 4.69) is 48.5 Å². The van der Waals surface area contributed by atoms with Gasteiger partial charge in [0.15, 0.2) is 0 Å². The molecule has 0 bridgehead atoms. The fraction of sp³-hybridized carbons (Fsp3) is 0.111. The van der Waals surface area contributed by atoms with Crippen molar-refractivity contribution in [2.24, 2.45) is 0 Å². The first-order chi connectivity index (χ1) is 9.43. The molecule has 90 valence electrons. The number of rotatable bonds is 0. The van der Waals surface area contributed by atoms with Crippen molar-refractivity contribution in [1.29, 1.82) is 0 Å². The zero-order valence-electron chi connectivity index (χ0n) is 10.4. The van der Waals surface area contributed by atoms with Gasteiger partial charge in [0, 0.05) is 10.6 Å². The largest absolute Gasteiger partial charge is 0.125 e. The molecule has 0 N–H and O–H groups in total. The molecule has 2 aliphatic rings. The van der Waals surface area contributed by atoms with Crippen molar-refractivity contribution in [3.8, 4) is 22.3 Å². The second kappa shape index (κ2) is 3.43. The monoisotopic (exact) mass is 260 g/mol. The lowest BCUT2D eigenvalue weighted by Crippen LogP contribution is -1.84. The summed E-state index contributed by atoms with van der Waals surface area (Å²) < 4.78 is 0. The summed E-state index contributed by atoms with van der Waals surface area (Å²) >= 11 is 2.02. The highest BCUT2D eigenvalue weighted by Gasteiger charge is 2.25. The smallest absolute Gasteiger partial charge is 0.0184 e. The second-order valence-electron chi connectivity index (χ2n) is 5.28. The van der Waals surface area contributed by atoms with Gasteiger partial charge in [0.05, 0.1) is 0 Å². The lowest BCUT2D eigenvalue weighted by atomic mass is 9.99. The van der Waals surface area contributed by atoms with Crippen LogP contribution in [-0.2, 0) is 6.42 Å². The zero-order chi connectivity index (χ0) is 12.4. The van der Waals surface area contributed by atoms with Crippen LogP contribution in [0.1, 0.15) is 5.56 Å². The van der Waals surface area contributed by atoms with E-state index in [1.807, 2.05) is 11.8 Å². The summed E-state index contributed by atoms with van der Waals surface area (Å²) in [7, 11) is 0. The van der Waals surface area contributed by atoms with Crippen molar-refractivity contribution in [2.75, 3.05) is 5.75 Å². The maximum atomic E-state index is 2.44. The van der Waals surface area contributed by atoms with Gasteiger partial charge in [0.25, 0.3) is 0 Å². The molecule has 0 radical (unpaired) electrons. The summed E-state index contributed by atoms with van der Waals surface area (Å²) in [5.41, 5.74) is 7.22. The van der Waals surface area contributed by atoms with Gasteiger partial charge in [-0.1, -0.05) is 42.5 Å². The molecule has 0 nitrogen and oxygen atoms in total. The van der Waals surface area contributed by atoms with E-state index in [0.717, 1.165) is 0 Å². The van der Waals surface area contributed by atoms with E-state index >= 15 is 0 Å². The maximum absolute atomic E-state index is 2.44. The Morgan fingerprint density at radius 3 is 2.47 bits per heavy atom. The summed E-state index contributed by atoms with van der Waals surface area (Å²) in [6.45, 7) is 0. The summed E-state index contributed by atoms with van der Waals surface area (Å²) in [4.78, 5) is 1.52. The van der Waals surface area contributed by atoms with Crippen LogP contribution in [0.5, 0.6) is 0 Å². The van der Waals surface area contributed by atoms with Crippen molar-refractivity contribution in [3.63, 3.8) is 0 Å². The molecular formula is C18H12S. The van der Waals surface area contributed by atoms with Gasteiger partial charge in [-0.05, 0) is 51.1 Å². The van der Waals surface area contributed by atoms with E-state index in [1.54, 1.807) is 5.56 Å². The Hall–Kier alpha value is -1.73. The van der Waals surface area contributed by atoms with Gasteiger partial charge >= 0.3 is 0 Å². The standard InChI is InChI=1S/C18H12S/c1-2-5-13-12(4-1)14-6-3-7-15-17(14)16(13)10-11-8-9-19-18(11)15/h1-7,10H,8-9H2. The first kappa shape index (κ1) is 10.1. The quantitative estimate of drug-likeness (QED) is 0.422. The first-order valence-corrected chi connectivity index (χ1v) is 7.73. The van der Waals surface area contributed by atoms with Gasteiger partial charge in [-0.2, -0.15) is 0 Å². The summed E-state index contributed by atoms with van der Waals surface area (Å²) in [6.07, 6.45) is 1.22. The minimum absolute atomic E-state index is 1.22. The van der Waals surface area contributed by atoms with Crippen molar-refractivity contribution >= 4 is 22.5 Å². The summed E-state index contributed by atoms with van der Waals surface area (Å²) in [5, 5.41) is 2.93. The Labute approximate surface area is 116 Å². The molecule has 0 saturated carbocycles. The highest BCUT2D eigenvalue weighted by atomic mass is 32.2. The molecule has 0 fully saturated rings. The van der Waals surface area contributed by atoms with Gasteiger partial charge in [-0.25, -0.2) is 0 Å². The van der Waals surface area contributed by atoms with Crippen LogP contribution >= 0.6 is 11.8 Å². The van der Waals surface area contributed by atoms with Gasteiger partial charge in [0.2, 0.25) is 0 Å². The molecule has 1 heterocycles. The average Bonchev–Trinajstić information content (AvgIpc) is 3.05. The molecule has 0 spiro atoms. The number of thioether (sulfide) groups is 1. The number of hydrogen-bond acceptors (Lipinski definition) is 1. The lowest BCUT2D eigenvalue weighted by molar-refractivity contribution is 1.16. The minimum Gasteiger partial charge on any atom is -0.125 e. The normalized spacial score (nSPS) is 14.7. The molecule has 3 aromatic carbocycles. The fourth-order valence-electron chi connectivity index (χ4n) is 3.53. The molecule has 1 aliphatic carbocycles. The average molecular weight is 260 g/mol. The van der Waals surface area contributed by atoms with Crippen LogP contribution in [-0.4, -0.2) is 5.75 Å². The van der Waals surface area contributed by atoms with Crippen molar-refractivity contribution < 1.29 is 0 Å². The van der Waals surface area contributed by atoms with Crippen LogP contribution in [0.2, 0.25) is 0 Å². The summed E-state index contributed by atoms with van der Waals surface area (Å²) in [5.74, 6) is 1.24. The van der Waals surface area contributed by atoms with Gasteiger partial charge in [-0.15, -0.1) is 11.8 Å². The molecule has 3 aromatic rings. The molecule has 1 aliphatic heterocycles. The van der Waals surface area contributed by atoms with Crippen LogP contribution < -0.4 is 0 Å². The third kappa shape index (κ3) is 1.17. The van der Waals surface area contributed by atoms with Crippen molar-refractivity contribution in [1.82, 2.24) is 0 Å². The Morgan fingerprint density at radius 1 is 0.789 bits per heavy atom. The maximum Gasteiger partial charge on any atom is 0.0184 e. The van der Waals surface area contributed by atoms with Crippen LogP contribution in [0.25, 0.3) is 33.0 Å². The number of benzene rings is 3. The van der Waals surface area contributed by atoms with E-state index < -0.39 is 0 Å². The SMILES string of the molecule is c1ccc2c(c1)-c1cccc3c4c(cc-2c13)CCS4. The Balaban J connectivity index is 2.05. The topological polar surface area (TPSA) is 0 Å². The Morgan fingerprint density at radius 2 is 1.58 bits per heavy atom. The van der Waals surface area contributed by atoms with Gasteiger partial charge in [-0.3, -0.25) is 0 Å². The van der Waals surface area contributed by atoms with Crippen LogP contribution in [0.15, 0.2) is 53.4 Å². The van der Waals surface area contributed by atoms with Gasteiger partial charge in [0.1, 0.15) is 0 Å². The molecule has 0 atom stereocenters. The van der Waals surface area contributed by atoms with Crippen molar-refractivity contribution in [2.45, 2.75) is 11.3 Å². The minimum atomic E-state index is 1.22. The molecule has 1 heteroatoms. The van der Waals surface area contributed by atoms with E-state index in [4.69, 9.17) is 0 Å². The Bertz CT molecular complexity index is 846. The van der Waals surface area contributed by atoms with Crippen LogP contribution in [0, 0.1) is 0 Å². The second-order valence-corrected chi connectivity index (χ2v) is 6.39. The molecule has 5 rings (SSSR count). The molecule has 19 heavy (non-hydrogen) atoms. The third-order valence-corrected chi connectivity index (χ3v) is 5.49. The molecule has 0 unspecified atom stereocenters. The van der Waals surface area contributed by atoms with E-state index in [1.165, 1.54) is 50.1 Å². The van der Waals surface area contributed by atoms with Crippen LogP contribution in [0.4, 0.5) is 0 Å². The highest BCUT2D eigenvalue weighted by Crippen LogP contribution is 2.51. The Kier molecular flexibility index (Phi) is 1.82. The molecule has 0 saturated heterocycles.